The number of alkyl halides is 1. The van der Waals surface area contributed by atoms with Crippen LogP contribution in [0.25, 0.3) is 11.0 Å². The Morgan fingerprint density at radius 2 is 2.19 bits per heavy atom. The highest BCUT2D eigenvalue weighted by Crippen LogP contribution is 2.41. The minimum atomic E-state index is -0.0632. The quantitative estimate of drug-likeness (QED) is 0.730. The Hall–Kier alpha value is -0.730. The largest absolute Gasteiger partial charge is 0.324 e. The number of benzene rings is 1. The molecular weight excluding hydrogens is 243 g/mol. The first-order valence-corrected chi connectivity index (χ1v) is 6.29. The van der Waals surface area contributed by atoms with Crippen molar-refractivity contribution in [3.05, 3.63) is 29.0 Å². The lowest BCUT2D eigenvalue weighted by Gasteiger charge is -2.08. The predicted molar refractivity (Wildman–Crippen MR) is 67.3 cm³/mol. The minimum absolute atomic E-state index is 0.0632. The van der Waals surface area contributed by atoms with Crippen molar-refractivity contribution >= 4 is 34.2 Å². The van der Waals surface area contributed by atoms with Gasteiger partial charge in [0.25, 0.3) is 0 Å². The molecule has 1 aliphatic rings. The molecule has 1 saturated carbocycles. The summed E-state index contributed by atoms with van der Waals surface area (Å²) in [5, 5.41) is 0.690. The summed E-state index contributed by atoms with van der Waals surface area (Å²) in [4.78, 5) is 4.59. The number of fused-ring (bicyclic) bond motifs is 1. The van der Waals surface area contributed by atoms with E-state index in [4.69, 9.17) is 23.2 Å². The molecule has 0 bridgehead atoms. The van der Waals surface area contributed by atoms with Gasteiger partial charge in [0.05, 0.1) is 16.4 Å². The van der Waals surface area contributed by atoms with Crippen LogP contribution < -0.4 is 0 Å². The summed E-state index contributed by atoms with van der Waals surface area (Å²) in [5.41, 5.74) is 2.09. The Kier molecular flexibility index (Phi) is 2.37. The maximum atomic E-state index is 6.18. The lowest BCUT2D eigenvalue weighted by Crippen LogP contribution is -2.01. The van der Waals surface area contributed by atoms with E-state index >= 15 is 0 Å². The van der Waals surface area contributed by atoms with Gasteiger partial charge in [-0.25, -0.2) is 4.98 Å². The molecule has 16 heavy (non-hydrogen) atoms. The smallest absolute Gasteiger partial charge is 0.127 e. The summed E-state index contributed by atoms with van der Waals surface area (Å²) >= 11 is 12.2. The van der Waals surface area contributed by atoms with Gasteiger partial charge in [0, 0.05) is 11.1 Å². The molecular formula is C12H12Cl2N2. The van der Waals surface area contributed by atoms with Gasteiger partial charge < -0.3 is 4.57 Å². The molecule has 0 N–H and O–H groups in total. The van der Waals surface area contributed by atoms with Crippen molar-refractivity contribution in [2.45, 2.75) is 31.2 Å². The molecule has 3 rings (SSSR count). The highest BCUT2D eigenvalue weighted by Gasteiger charge is 2.29. The number of hydrogen-bond acceptors (Lipinski definition) is 1. The summed E-state index contributed by atoms with van der Waals surface area (Å²) in [6.07, 6.45) is 2.43. The molecule has 0 radical (unpaired) electrons. The number of aromatic nitrogens is 2. The highest BCUT2D eigenvalue weighted by atomic mass is 35.5. The number of imidazole rings is 1. The van der Waals surface area contributed by atoms with Crippen LogP contribution in [-0.4, -0.2) is 9.55 Å². The molecule has 2 aromatic rings. The molecule has 1 unspecified atom stereocenters. The Labute approximate surface area is 104 Å². The van der Waals surface area contributed by atoms with Crippen molar-refractivity contribution in [3.63, 3.8) is 0 Å². The third kappa shape index (κ3) is 1.61. The highest BCUT2D eigenvalue weighted by molar-refractivity contribution is 6.31. The fourth-order valence-electron chi connectivity index (χ4n) is 2.08. The first-order chi connectivity index (χ1) is 7.66. The van der Waals surface area contributed by atoms with Gasteiger partial charge in [-0.2, -0.15) is 0 Å². The molecule has 1 aromatic heterocycles. The van der Waals surface area contributed by atoms with Crippen LogP contribution in [0, 0.1) is 0 Å². The zero-order valence-electron chi connectivity index (χ0n) is 8.95. The van der Waals surface area contributed by atoms with Gasteiger partial charge in [-0.1, -0.05) is 11.6 Å². The van der Waals surface area contributed by atoms with Crippen LogP contribution in [0.3, 0.4) is 0 Å². The Bertz CT molecular complexity index is 541. The first-order valence-electron chi connectivity index (χ1n) is 5.48. The molecule has 4 heteroatoms. The maximum Gasteiger partial charge on any atom is 0.127 e. The second-order valence-electron chi connectivity index (χ2n) is 4.32. The van der Waals surface area contributed by atoms with Crippen LogP contribution in [0.15, 0.2) is 18.2 Å². The first kappa shape index (κ1) is 10.4. The second-order valence-corrected chi connectivity index (χ2v) is 5.41. The van der Waals surface area contributed by atoms with Crippen LogP contribution in [0.1, 0.15) is 37.0 Å². The minimum Gasteiger partial charge on any atom is -0.324 e. The number of nitrogens with zero attached hydrogens (tertiary/aromatic N) is 2. The Balaban J connectivity index is 2.29. The molecule has 2 nitrogen and oxygen atoms in total. The number of rotatable bonds is 2. The SMILES string of the molecule is CC(Cl)c1nc2ccc(Cl)cc2n1C1CC1. The molecule has 84 valence electrons. The monoisotopic (exact) mass is 254 g/mol. The van der Waals surface area contributed by atoms with Gasteiger partial charge in [0.2, 0.25) is 0 Å². The van der Waals surface area contributed by atoms with E-state index in [2.05, 4.69) is 9.55 Å². The van der Waals surface area contributed by atoms with Gasteiger partial charge in [0.1, 0.15) is 5.82 Å². The fourth-order valence-corrected chi connectivity index (χ4v) is 2.40. The molecule has 1 atom stereocenters. The molecule has 1 aliphatic carbocycles. The third-order valence-corrected chi connectivity index (χ3v) is 3.38. The van der Waals surface area contributed by atoms with E-state index < -0.39 is 0 Å². The van der Waals surface area contributed by atoms with E-state index in [1.54, 1.807) is 0 Å². The molecule has 0 aliphatic heterocycles. The average molecular weight is 255 g/mol. The van der Waals surface area contributed by atoms with Crippen LogP contribution in [0.2, 0.25) is 5.02 Å². The van der Waals surface area contributed by atoms with Crippen LogP contribution in [0.5, 0.6) is 0 Å². The van der Waals surface area contributed by atoms with Crippen molar-refractivity contribution in [1.29, 1.82) is 0 Å². The van der Waals surface area contributed by atoms with Gasteiger partial charge in [-0.15, -0.1) is 11.6 Å². The summed E-state index contributed by atoms with van der Waals surface area (Å²) in [5.74, 6) is 0.960. The van der Waals surface area contributed by atoms with E-state index in [-0.39, 0.29) is 5.38 Å². The zero-order valence-corrected chi connectivity index (χ0v) is 10.5. The van der Waals surface area contributed by atoms with Crippen molar-refractivity contribution in [2.24, 2.45) is 0 Å². The van der Waals surface area contributed by atoms with E-state index in [1.807, 2.05) is 25.1 Å². The van der Waals surface area contributed by atoms with Crippen LogP contribution >= 0.6 is 23.2 Å². The van der Waals surface area contributed by atoms with Gasteiger partial charge in [0.15, 0.2) is 0 Å². The lowest BCUT2D eigenvalue weighted by molar-refractivity contribution is 0.700. The molecule has 0 amide bonds. The topological polar surface area (TPSA) is 17.8 Å². The molecule has 1 heterocycles. The van der Waals surface area contributed by atoms with E-state index in [0.29, 0.717) is 6.04 Å². The maximum absolute atomic E-state index is 6.18. The second kappa shape index (κ2) is 3.64. The van der Waals surface area contributed by atoms with E-state index in [9.17, 15) is 0 Å². The summed E-state index contributed by atoms with van der Waals surface area (Å²) in [6.45, 7) is 1.96. The lowest BCUT2D eigenvalue weighted by atomic mass is 10.3. The molecule has 1 aromatic carbocycles. The van der Waals surface area contributed by atoms with Gasteiger partial charge in [-0.05, 0) is 38.0 Å². The number of hydrogen-bond donors (Lipinski definition) is 0. The standard InChI is InChI=1S/C12H12Cl2N2/c1-7(13)12-15-10-5-2-8(14)6-11(10)16(12)9-3-4-9/h2,5-7,9H,3-4H2,1H3. The summed E-state index contributed by atoms with van der Waals surface area (Å²) < 4.78 is 2.25. The van der Waals surface area contributed by atoms with Crippen LogP contribution in [0.4, 0.5) is 0 Å². The van der Waals surface area contributed by atoms with Crippen molar-refractivity contribution < 1.29 is 0 Å². The molecule has 0 spiro atoms. The summed E-state index contributed by atoms with van der Waals surface area (Å²) in [6, 6.07) is 6.38. The molecule has 0 saturated heterocycles. The van der Waals surface area contributed by atoms with E-state index in [0.717, 1.165) is 21.9 Å². The average Bonchev–Trinajstić information content (AvgIpc) is 2.99. The Morgan fingerprint density at radius 1 is 1.44 bits per heavy atom. The third-order valence-electron chi connectivity index (χ3n) is 2.95. The van der Waals surface area contributed by atoms with Gasteiger partial charge >= 0.3 is 0 Å². The van der Waals surface area contributed by atoms with Crippen molar-refractivity contribution in [3.8, 4) is 0 Å². The van der Waals surface area contributed by atoms with Gasteiger partial charge in [-0.3, -0.25) is 0 Å². The normalized spacial score (nSPS) is 17.9. The number of halogens is 2. The molecule has 1 fully saturated rings. The van der Waals surface area contributed by atoms with Crippen molar-refractivity contribution in [1.82, 2.24) is 9.55 Å². The van der Waals surface area contributed by atoms with E-state index in [1.165, 1.54) is 12.8 Å². The summed E-state index contributed by atoms with van der Waals surface area (Å²) in [7, 11) is 0. The Morgan fingerprint density at radius 3 is 2.81 bits per heavy atom. The zero-order chi connectivity index (χ0) is 11.3. The van der Waals surface area contributed by atoms with Crippen molar-refractivity contribution in [2.75, 3.05) is 0 Å². The fraction of sp³-hybridized carbons (Fsp3) is 0.417. The van der Waals surface area contributed by atoms with Crippen LogP contribution in [-0.2, 0) is 0 Å². The predicted octanol–water partition coefficient (Wildman–Crippen LogP) is 4.32.